The van der Waals surface area contributed by atoms with Crippen LogP contribution in [0, 0.1) is 23.0 Å². The van der Waals surface area contributed by atoms with Gasteiger partial charge in [0.1, 0.15) is 17.9 Å². The van der Waals surface area contributed by atoms with Crippen molar-refractivity contribution in [1.82, 2.24) is 5.32 Å². The summed E-state index contributed by atoms with van der Waals surface area (Å²) in [4.78, 5) is 0. The van der Waals surface area contributed by atoms with E-state index in [0.717, 1.165) is 18.6 Å². The van der Waals surface area contributed by atoms with Crippen LogP contribution in [0.2, 0.25) is 0 Å². The van der Waals surface area contributed by atoms with Crippen LogP contribution in [0.1, 0.15) is 20.3 Å². The zero-order valence-corrected chi connectivity index (χ0v) is 10.5. The standard InChI is InChI=1S/C13H16F2N2O/c1-3-6-17-13(2,8-16)9-18-10-4-5-11(14)12(15)7-10/h4-5,7,17H,3,6,9H2,1-2H3. The van der Waals surface area contributed by atoms with Gasteiger partial charge in [-0.2, -0.15) is 5.26 Å². The van der Waals surface area contributed by atoms with E-state index >= 15 is 0 Å². The lowest BCUT2D eigenvalue weighted by Crippen LogP contribution is -2.46. The minimum atomic E-state index is -0.965. The van der Waals surface area contributed by atoms with Crippen LogP contribution in [0.4, 0.5) is 8.78 Å². The maximum atomic E-state index is 12.9. The topological polar surface area (TPSA) is 45.0 Å². The van der Waals surface area contributed by atoms with Crippen LogP contribution >= 0.6 is 0 Å². The smallest absolute Gasteiger partial charge is 0.162 e. The van der Waals surface area contributed by atoms with Crippen LogP contribution in [0.5, 0.6) is 5.75 Å². The van der Waals surface area contributed by atoms with Crippen LogP contribution in [0.15, 0.2) is 18.2 Å². The number of benzene rings is 1. The van der Waals surface area contributed by atoms with Gasteiger partial charge in [0.2, 0.25) is 0 Å². The SMILES string of the molecule is CCCNC(C)(C#N)COc1ccc(F)c(F)c1. The number of nitrogens with zero attached hydrogens (tertiary/aromatic N) is 1. The van der Waals surface area contributed by atoms with E-state index in [1.807, 2.05) is 6.92 Å². The summed E-state index contributed by atoms with van der Waals surface area (Å²) in [5.74, 6) is -1.68. The number of nitriles is 1. The Bertz CT molecular complexity index is 445. The monoisotopic (exact) mass is 254 g/mol. The van der Waals surface area contributed by atoms with E-state index in [0.29, 0.717) is 6.54 Å². The van der Waals surface area contributed by atoms with E-state index in [4.69, 9.17) is 10.00 Å². The second-order valence-corrected chi connectivity index (χ2v) is 4.24. The highest BCUT2D eigenvalue weighted by Crippen LogP contribution is 2.16. The van der Waals surface area contributed by atoms with Gasteiger partial charge in [0.15, 0.2) is 11.6 Å². The van der Waals surface area contributed by atoms with Crippen molar-refractivity contribution in [3.63, 3.8) is 0 Å². The van der Waals surface area contributed by atoms with Gasteiger partial charge in [0.25, 0.3) is 0 Å². The molecule has 1 rings (SSSR count). The average Bonchev–Trinajstić information content (AvgIpc) is 2.38. The predicted octanol–water partition coefficient (Wildman–Crippen LogP) is 2.63. The lowest BCUT2D eigenvalue weighted by atomic mass is 10.1. The van der Waals surface area contributed by atoms with Crippen molar-refractivity contribution in [1.29, 1.82) is 5.26 Å². The second-order valence-electron chi connectivity index (χ2n) is 4.24. The van der Waals surface area contributed by atoms with Gasteiger partial charge in [0, 0.05) is 6.07 Å². The van der Waals surface area contributed by atoms with Crippen molar-refractivity contribution in [2.24, 2.45) is 0 Å². The highest BCUT2D eigenvalue weighted by molar-refractivity contribution is 5.24. The molecule has 0 heterocycles. The predicted molar refractivity (Wildman–Crippen MR) is 64.2 cm³/mol. The molecule has 1 N–H and O–H groups in total. The van der Waals surface area contributed by atoms with Gasteiger partial charge in [0.05, 0.1) is 6.07 Å². The summed E-state index contributed by atoms with van der Waals surface area (Å²) in [5, 5.41) is 12.1. The summed E-state index contributed by atoms with van der Waals surface area (Å²) in [6.45, 7) is 4.43. The summed E-state index contributed by atoms with van der Waals surface area (Å²) in [7, 11) is 0. The molecular weight excluding hydrogens is 238 g/mol. The Morgan fingerprint density at radius 1 is 1.39 bits per heavy atom. The van der Waals surface area contributed by atoms with Gasteiger partial charge in [-0.05, 0) is 32.0 Å². The molecule has 1 unspecified atom stereocenters. The molecule has 0 saturated heterocycles. The Labute approximate surface area is 105 Å². The molecule has 0 spiro atoms. The first kappa shape index (κ1) is 14.4. The molecule has 5 heteroatoms. The van der Waals surface area contributed by atoms with Crippen LogP contribution < -0.4 is 10.1 Å². The molecule has 0 aliphatic heterocycles. The van der Waals surface area contributed by atoms with E-state index in [9.17, 15) is 8.78 Å². The van der Waals surface area contributed by atoms with Gasteiger partial charge >= 0.3 is 0 Å². The highest BCUT2D eigenvalue weighted by atomic mass is 19.2. The summed E-state index contributed by atoms with van der Waals surface area (Å²) >= 11 is 0. The van der Waals surface area contributed by atoms with E-state index in [1.165, 1.54) is 6.07 Å². The van der Waals surface area contributed by atoms with E-state index in [1.54, 1.807) is 6.92 Å². The fourth-order valence-corrected chi connectivity index (χ4v) is 1.32. The maximum absolute atomic E-state index is 12.9. The molecule has 1 aromatic rings. The number of rotatable bonds is 6. The molecule has 18 heavy (non-hydrogen) atoms. The number of hydrogen-bond acceptors (Lipinski definition) is 3. The lowest BCUT2D eigenvalue weighted by Gasteiger charge is -2.23. The minimum absolute atomic E-state index is 0.0641. The van der Waals surface area contributed by atoms with Crippen molar-refractivity contribution in [2.45, 2.75) is 25.8 Å². The molecule has 0 bridgehead atoms. The fourth-order valence-electron chi connectivity index (χ4n) is 1.32. The Morgan fingerprint density at radius 2 is 2.11 bits per heavy atom. The zero-order chi connectivity index (χ0) is 13.6. The van der Waals surface area contributed by atoms with E-state index in [-0.39, 0.29) is 12.4 Å². The van der Waals surface area contributed by atoms with Crippen LogP contribution in [-0.4, -0.2) is 18.7 Å². The molecule has 0 saturated carbocycles. The maximum Gasteiger partial charge on any atom is 0.162 e. The highest BCUT2D eigenvalue weighted by Gasteiger charge is 2.23. The molecule has 0 aliphatic carbocycles. The summed E-state index contributed by atoms with van der Waals surface area (Å²) in [5.41, 5.74) is -0.846. The van der Waals surface area contributed by atoms with Crippen molar-refractivity contribution < 1.29 is 13.5 Å². The van der Waals surface area contributed by atoms with Crippen LogP contribution in [0.3, 0.4) is 0 Å². The van der Waals surface area contributed by atoms with E-state index < -0.39 is 17.2 Å². The Morgan fingerprint density at radius 3 is 2.67 bits per heavy atom. The third-order valence-corrected chi connectivity index (χ3v) is 2.43. The van der Waals surface area contributed by atoms with Crippen molar-refractivity contribution in [3.8, 4) is 11.8 Å². The van der Waals surface area contributed by atoms with Gasteiger partial charge in [-0.3, -0.25) is 5.32 Å². The Balaban J connectivity index is 2.62. The molecular formula is C13H16F2N2O. The largest absolute Gasteiger partial charge is 0.490 e. The third-order valence-electron chi connectivity index (χ3n) is 2.43. The van der Waals surface area contributed by atoms with Crippen LogP contribution in [-0.2, 0) is 0 Å². The molecule has 0 aromatic heterocycles. The number of ether oxygens (including phenoxy) is 1. The molecule has 98 valence electrons. The summed E-state index contributed by atoms with van der Waals surface area (Å²) in [6, 6.07) is 5.39. The van der Waals surface area contributed by atoms with Gasteiger partial charge in [-0.1, -0.05) is 6.92 Å². The minimum Gasteiger partial charge on any atom is -0.490 e. The van der Waals surface area contributed by atoms with Crippen molar-refractivity contribution in [3.05, 3.63) is 29.8 Å². The second kappa shape index (κ2) is 6.31. The molecule has 0 radical (unpaired) electrons. The zero-order valence-electron chi connectivity index (χ0n) is 10.5. The number of halogens is 2. The first-order valence-electron chi connectivity index (χ1n) is 5.75. The molecule has 3 nitrogen and oxygen atoms in total. The number of hydrogen-bond donors (Lipinski definition) is 1. The van der Waals surface area contributed by atoms with Gasteiger partial charge in [-0.25, -0.2) is 8.78 Å². The molecule has 0 amide bonds. The molecule has 1 atom stereocenters. The number of nitrogens with one attached hydrogen (secondary N) is 1. The Kier molecular flexibility index (Phi) is 5.05. The van der Waals surface area contributed by atoms with Crippen LogP contribution in [0.25, 0.3) is 0 Å². The van der Waals surface area contributed by atoms with Gasteiger partial charge in [-0.15, -0.1) is 0 Å². The first-order chi connectivity index (χ1) is 8.50. The summed E-state index contributed by atoms with van der Waals surface area (Å²) in [6.07, 6.45) is 0.891. The lowest BCUT2D eigenvalue weighted by molar-refractivity contribution is 0.233. The molecule has 1 aromatic carbocycles. The van der Waals surface area contributed by atoms with Crippen molar-refractivity contribution >= 4 is 0 Å². The normalized spacial score (nSPS) is 13.7. The van der Waals surface area contributed by atoms with Gasteiger partial charge < -0.3 is 4.74 Å². The quantitative estimate of drug-likeness (QED) is 0.848. The van der Waals surface area contributed by atoms with E-state index in [2.05, 4.69) is 11.4 Å². The first-order valence-corrected chi connectivity index (χ1v) is 5.75. The molecule has 0 fully saturated rings. The Hall–Kier alpha value is -1.67. The average molecular weight is 254 g/mol. The molecule has 0 aliphatic rings. The summed E-state index contributed by atoms with van der Waals surface area (Å²) < 4.78 is 31.0. The third kappa shape index (κ3) is 3.97. The fraction of sp³-hybridized carbons (Fsp3) is 0.462. The van der Waals surface area contributed by atoms with Crippen molar-refractivity contribution in [2.75, 3.05) is 13.2 Å².